The van der Waals surface area contributed by atoms with E-state index < -0.39 is 5.91 Å². The number of nitrogens with two attached hydrogens (primary N) is 1. The molecule has 0 aromatic carbocycles. The van der Waals surface area contributed by atoms with Crippen molar-refractivity contribution in [2.75, 3.05) is 31.1 Å². The van der Waals surface area contributed by atoms with Crippen molar-refractivity contribution in [3.8, 4) is 0 Å². The van der Waals surface area contributed by atoms with Gasteiger partial charge in [0.15, 0.2) is 0 Å². The second-order valence-electron chi connectivity index (χ2n) is 5.03. The molecule has 1 aromatic heterocycles. The first-order valence-corrected chi connectivity index (χ1v) is 6.92. The number of anilines is 1. The molecule has 0 bridgehead atoms. The summed E-state index contributed by atoms with van der Waals surface area (Å²) < 4.78 is 0. The molecule has 1 amide bonds. The Labute approximate surface area is 114 Å². The lowest BCUT2D eigenvalue weighted by molar-refractivity contribution is 0.1000. The van der Waals surface area contributed by atoms with Crippen LogP contribution in [0.2, 0.25) is 0 Å². The van der Waals surface area contributed by atoms with Gasteiger partial charge in [-0.15, -0.1) is 0 Å². The molecule has 1 aliphatic rings. The van der Waals surface area contributed by atoms with Crippen molar-refractivity contribution in [2.24, 2.45) is 11.7 Å². The summed E-state index contributed by atoms with van der Waals surface area (Å²) in [5.74, 6) is 1.18. The summed E-state index contributed by atoms with van der Waals surface area (Å²) in [7, 11) is 0. The molecule has 0 spiro atoms. The first kappa shape index (κ1) is 13.8. The molecule has 1 aromatic rings. The van der Waals surface area contributed by atoms with E-state index in [1.807, 2.05) is 6.07 Å². The van der Waals surface area contributed by atoms with Gasteiger partial charge in [-0.05, 0) is 44.0 Å². The summed E-state index contributed by atoms with van der Waals surface area (Å²) in [4.78, 5) is 17.7. The topological polar surface area (TPSA) is 71.2 Å². The normalized spacial score (nSPS) is 19.4. The van der Waals surface area contributed by atoms with Gasteiger partial charge in [0, 0.05) is 19.3 Å². The molecule has 1 fully saturated rings. The second-order valence-corrected chi connectivity index (χ2v) is 5.03. The SMILES string of the molecule is CCNCC1CCCN(c2ccc(C(N)=O)cn2)C1. The highest BCUT2D eigenvalue weighted by atomic mass is 16.1. The van der Waals surface area contributed by atoms with Gasteiger partial charge in [0.25, 0.3) is 0 Å². The first-order valence-electron chi connectivity index (χ1n) is 6.92. The minimum Gasteiger partial charge on any atom is -0.366 e. The van der Waals surface area contributed by atoms with Gasteiger partial charge >= 0.3 is 0 Å². The van der Waals surface area contributed by atoms with Crippen molar-refractivity contribution in [1.82, 2.24) is 10.3 Å². The van der Waals surface area contributed by atoms with E-state index in [1.165, 1.54) is 12.8 Å². The van der Waals surface area contributed by atoms with E-state index >= 15 is 0 Å². The zero-order chi connectivity index (χ0) is 13.7. The Morgan fingerprint density at radius 3 is 3.05 bits per heavy atom. The maximum Gasteiger partial charge on any atom is 0.250 e. The third kappa shape index (κ3) is 3.67. The maximum absolute atomic E-state index is 11.0. The number of nitrogens with zero attached hydrogens (tertiary/aromatic N) is 2. The molecule has 2 rings (SSSR count). The molecule has 1 saturated heterocycles. The highest BCUT2D eigenvalue weighted by molar-refractivity contribution is 5.92. The number of pyridine rings is 1. The standard InChI is InChI=1S/C14H22N4O/c1-2-16-8-11-4-3-7-18(10-11)13-6-5-12(9-17-13)14(15)19/h5-6,9,11,16H,2-4,7-8,10H2,1H3,(H2,15,19). The maximum atomic E-state index is 11.0. The summed E-state index contributed by atoms with van der Waals surface area (Å²) in [6, 6.07) is 3.63. The van der Waals surface area contributed by atoms with Crippen LogP contribution >= 0.6 is 0 Å². The average molecular weight is 262 g/mol. The van der Waals surface area contributed by atoms with Crippen LogP contribution in [0.4, 0.5) is 5.82 Å². The highest BCUT2D eigenvalue weighted by Crippen LogP contribution is 2.21. The number of hydrogen-bond donors (Lipinski definition) is 2. The molecule has 0 aliphatic carbocycles. The highest BCUT2D eigenvalue weighted by Gasteiger charge is 2.20. The fourth-order valence-corrected chi connectivity index (χ4v) is 2.51. The van der Waals surface area contributed by atoms with E-state index in [0.717, 1.165) is 32.0 Å². The third-order valence-electron chi connectivity index (χ3n) is 3.56. The average Bonchev–Trinajstić information content (AvgIpc) is 2.45. The van der Waals surface area contributed by atoms with Crippen LogP contribution in [0.25, 0.3) is 0 Å². The molecule has 5 heteroatoms. The Morgan fingerprint density at radius 1 is 1.58 bits per heavy atom. The Kier molecular flexibility index (Phi) is 4.74. The number of rotatable bonds is 5. The largest absolute Gasteiger partial charge is 0.366 e. The van der Waals surface area contributed by atoms with Gasteiger partial charge in [-0.1, -0.05) is 6.92 Å². The number of carbonyl (C=O) groups is 1. The number of nitrogens with one attached hydrogen (secondary N) is 1. The van der Waals surface area contributed by atoms with Gasteiger partial charge in [-0.25, -0.2) is 4.98 Å². The Balaban J connectivity index is 1.98. The predicted octanol–water partition coefficient (Wildman–Crippen LogP) is 1.01. The van der Waals surface area contributed by atoms with Crippen molar-refractivity contribution < 1.29 is 4.79 Å². The van der Waals surface area contributed by atoms with Crippen LogP contribution in [0, 0.1) is 5.92 Å². The molecule has 1 aliphatic heterocycles. The third-order valence-corrected chi connectivity index (χ3v) is 3.56. The summed E-state index contributed by atoms with van der Waals surface area (Å²) in [5, 5.41) is 3.41. The van der Waals surface area contributed by atoms with Crippen LogP contribution in [0.3, 0.4) is 0 Å². The van der Waals surface area contributed by atoms with Crippen molar-refractivity contribution >= 4 is 11.7 Å². The van der Waals surface area contributed by atoms with E-state index in [-0.39, 0.29) is 0 Å². The lowest BCUT2D eigenvalue weighted by Crippen LogP contribution is -2.40. The van der Waals surface area contributed by atoms with E-state index in [2.05, 4.69) is 22.1 Å². The van der Waals surface area contributed by atoms with Crippen molar-refractivity contribution in [3.05, 3.63) is 23.9 Å². The number of amides is 1. The molecule has 19 heavy (non-hydrogen) atoms. The number of carbonyl (C=O) groups excluding carboxylic acids is 1. The predicted molar refractivity (Wildman–Crippen MR) is 76.2 cm³/mol. The van der Waals surface area contributed by atoms with Crippen LogP contribution in [0.15, 0.2) is 18.3 Å². The lowest BCUT2D eigenvalue weighted by Gasteiger charge is -2.33. The van der Waals surface area contributed by atoms with Crippen molar-refractivity contribution in [1.29, 1.82) is 0 Å². The van der Waals surface area contributed by atoms with Crippen LogP contribution in [0.5, 0.6) is 0 Å². The van der Waals surface area contributed by atoms with Crippen LogP contribution in [0.1, 0.15) is 30.1 Å². The van der Waals surface area contributed by atoms with Crippen molar-refractivity contribution in [2.45, 2.75) is 19.8 Å². The van der Waals surface area contributed by atoms with Gasteiger partial charge in [0.2, 0.25) is 5.91 Å². The molecular weight excluding hydrogens is 240 g/mol. The van der Waals surface area contributed by atoms with E-state index in [4.69, 9.17) is 5.73 Å². The molecule has 104 valence electrons. The summed E-state index contributed by atoms with van der Waals surface area (Å²) in [5.41, 5.74) is 5.68. The minimum absolute atomic E-state index is 0.428. The first-order chi connectivity index (χ1) is 9.20. The molecule has 1 atom stereocenters. The van der Waals surface area contributed by atoms with E-state index in [9.17, 15) is 4.79 Å². The molecule has 0 saturated carbocycles. The van der Waals surface area contributed by atoms with E-state index in [1.54, 1.807) is 12.3 Å². The van der Waals surface area contributed by atoms with E-state index in [0.29, 0.717) is 11.5 Å². The fourth-order valence-electron chi connectivity index (χ4n) is 2.51. The number of aromatic nitrogens is 1. The Morgan fingerprint density at radius 2 is 2.42 bits per heavy atom. The minimum atomic E-state index is -0.428. The summed E-state index contributed by atoms with van der Waals surface area (Å²) in [6.45, 7) is 6.26. The summed E-state index contributed by atoms with van der Waals surface area (Å²) >= 11 is 0. The van der Waals surface area contributed by atoms with Crippen LogP contribution in [-0.2, 0) is 0 Å². The van der Waals surface area contributed by atoms with Gasteiger partial charge in [-0.2, -0.15) is 0 Å². The number of hydrogen-bond acceptors (Lipinski definition) is 4. The molecule has 5 nitrogen and oxygen atoms in total. The van der Waals surface area contributed by atoms with Gasteiger partial charge in [0.1, 0.15) is 5.82 Å². The van der Waals surface area contributed by atoms with Crippen LogP contribution < -0.4 is 16.0 Å². The van der Waals surface area contributed by atoms with Gasteiger partial charge < -0.3 is 16.0 Å². The molecule has 1 unspecified atom stereocenters. The van der Waals surface area contributed by atoms with Gasteiger partial charge in [0.05, 0.1) is 5.56 Å². The zero-order valence-electron chi connectivity index (χ0n) is 11.4. The quantitative estimate of drug-likeness (QED) is 0.830. The monoisotopic (exact) mass is 262 g/mol. The number of piperidine rings is 1. The lowest BCUT2D eigenvalue weighted by atomic mass is 9.98. The Bertz CT molecular complexity index is 418. The smallest absolute Gasteiger partial charge is 0.250 e. The second kappa shape index (κ2) is 6.52. The molecule has 3 N–H and O–H groups in total. The Hall–Kier alpha value is -1.62. The summed E-state index contributed by atoms with van der Waals surface area (Å²) in [6.07, 6.45) is 4.02. The van der Waals surface area contributed by atoms with Crippen LogP contribution in [-0.4, -0.2) is 37.1 Å². The molecule has 2 heterocycles. The zero-order valence-corrected chi connectivity index (χ0v) is 11.4. The molecular formula is C14H22N4O. The molecule has 0 radical (unpaired) electrons. The van der Waals surface area contributed by atoms with Crippen molar-refractivity contribution in [3.63, 3.8) is 0 Å². The fraction of sp³-hybridized carbons (Fsp3) is 0.571. The number of primary amides is 1. The van der Waals surface area contributed by atoms with Gasteiger partial charge in [-0.3, -0.25) is 4.79 Å².